The van der Waals surface area contributed by atoms with E-state index in [4.69, 9.17) is 14.6 Å². The van der Waals surface area contributed by atoms with Crippen molar-refractivity contribution in [3.63, 3.8) is 0 Å². The minimum Gasteiger partial charge on any atom is -0.481 e. The highest BCUT2D eigenvalue weighted by Crippen LogP contribution is 2.21. The molecule has 0 saturated carbocycles. The first-order chi connectivity index (χ1) is 9.77. The Labute approximate surface area is 126 Å². The van der Waals surface area contributed by atoms with Crippen molar-refractivity contribution >= 4 is 12.0 Å². The Bertz CT molecular complexity index is 315. The van der Waals surface area contributed by atoms with Crippen molar-refractivity contribution in [2.45, 2.75) is 39.7 Å². The van der Waals surface area contributed by atoms with E-state index in [2.05, 4.69) is 10.6 Å². The third kappa shape index (κ3) is 11.0. The van der Waals surface area contributed by atoms with Gasteiger partial charge in [0.25, 0.3) is 0 Å². The lowest BCUT2D eigenvalue weighted by atomic mass is 9.85. The van der Waals surface area contributed by atoms with Crippen LogP contribution in [0.25, 0.3) is 0 Å². The summed E-state index contributed by atoms with van der Waals surface area (Å²) >= 11 is 0. The highest BCUT2D eigenvalue weighted by molar-refractivity contribution is 5.75. The van der Waals surface area contributed by atoms with Gasteiger partial charge in [-0.1, -0.05) is 20.8 Å². The van der Waals surface area contributed by atoms with Crippen LogP contribution in [0.3, 0.4) is 0 Å². The molecule has 0 aromatic carbocycles. The van der Waals surface area contributed by atoms with E-state index in [1.165, 1.54) is 0 Å². The second-order valence-electron chi connectivity index (χ2n) is 5.88. The van der Waals surface area contributed by atoms with Crippen LogP contribution in [0.15, 0.2) is 0 Å². The predicted molar refractivity (Wildman–Crippen MR) is 79.3 cm³/mol. The number of amides is 2. The molecule has 3 N–H and O–H groups in total. The van der Waals surface area contributed by atoms with E-state index in [9.17, 15) is 9.59 Å². The van der Waals surface area contributed by atoms with E-state index in [1.807, 2.05) is 20.8 Å². The van der Waals surface area contributed by atoms with Crippen LogP contribution in [0, 0.1) is 5.41 Å². The Hall–Kier alpha value is -1.34. The maximum atomic E-state index is 11.7. The highest BCUT2D eigenvalue weighted by Gasteiger charge is 2.28. The number of methoxy groups -OCH3 is 1. The van der Waals surface area contributed by atoms with Crippen LogP contribution in [-0.4, -0.2) is 56.6 Å². The van der Waals surface area contributed by atoms with Gasteiger partial charge in [0.15, 0.2) is 0 Å². The van der Waals surface area contributed by atoms with E-state index in [-0.39, 0.29) is 17.9 Å². The number of hydrogen-bond acceptors (Lipinski definition) is 4. The number of rotatable bonds is 10. The number of nitrogens with one attached hydrogen (secondary N) is 2. The summed E-state index contributed by atoms with van der Waals surface area (Å²) in [5.74, 6) is -0.929. The van der Waals surface area contributed by atoms with E-state index < -0.39 is 12.0 Å². The number of carboxylic acid groups (broad SMARTS) is 1. The Morgan fingerprint density at radius 2 is 1.86 bits per heavy atom. The Balaban J connectivity index is 3.91. The number of hydrogen-bond donors (Lipinski definition) is 3. The van der Waals surface area contributed by atoms with Crippen molar-refractivity contribution in [1.82, 2.24) is 10.6 Å². The average molecular weight is 304 g/mol. The molecule has 21 heavy (non-hydrogen) atoms. The fourth-order valence-corrected chi connectivity index (χ4v) is 1.58. The van der Waals surface area contributed by atoms with E-state index in [0.717, 1.165) is 0 Å². The van der Waals surface area contributed by atoms with Crippen molar-refractivity contribution in [1.29, 1.82) is 0 Å². The largest absolute Gasteiger partial charge is 0.481 e. The SMILES string of the molecule is COCCOCCCNC(=O)NC(CC(=O)O)C(C)(C)C. The van der Waals surface area contributed by atoms with Gasteiger partial charge < -0.3 is 25.2 Å². The summed E-state index contributed by atoms with van der Waals surface area (Å²) < 4.78 is 10.1. The lowest BCUT2D eigenvalue weighted by molar-refractivity contribution is -0.138. The monoisotopic (exact) mass is 304 g/mol. The van der Waals surface area contributed by atoms with Crippen molar-refractivity contribution in [3.05, 3.63) is 0 Å². The maximum absolute atomic E-state index is 11.7. The van der Waals surface area contributed by atoms with Crippen molar-refractivity contribution in [2.75, 3.05) is 33.5 Å². The van der Waals surface area contributed by atoms with Crippen LogP contribution in [0.5, 0.6) is 0 Å². The quantitative estimate of drug-likeness (QED) is 0.527. The topological polar surface area (TPSA) is 96.9 Å². The zero-order valence-corrected chi connectivity index (χ0v) is 13.4. The molecule has 0 aliphatic heterocycles. The Kier molecular flexibility index (Phi) is 9.73. The van der Waals surface area contributed by atoms with Crippen molar-refractivity contribution < 1.29 is 24.2 Å². The fourth-order valence-electron chi connectivity index (χ4n) is 1.58. The summed E-state index contributed by atoms with van der Waals surface area (Å²) in [6.07, 6.45) is 0.591. The fraction of sp³-hybridized carbons (Fsp3) is 0.857. The summed E-state index contributed by atoms with van der Waals surface area (Å²) in [6, 6.07) is -0.777. The zero-order valence-electron chi connectivity index (χ0n) is 13.4. The minimum atomic E-state index is -0.929. The van der Waals surface area contributed by atoms with E-state index >= 15 is 0 Å². The standard InChI is InChI=1S/C14H28N2O5/c1-14(2,3)11(10-12(17)18)16-13(19)15-6-5-7-21-9-8-20-4/h11H,5-10H2,1-4H3,(H,17,18)(H2,15,16,19). The number of carbonyl (C=O) groups is 2. The molecular formula is C14H28N2O5. The first kappa shape index (κ1) is 19.7. The summed E-state index contributed by atoms with van der Waals surface area (Å²) in [4.78, 5) is 22.6. The Morgan fingerprint density at radius 1 is 1.19 bits per heavy atom. The molecule has 0 fully saturated rings. The molecule has 7 nitrogen and oxygen atoms in total. The smallest absolute Gasteiger partial charge is 0.315 e. The van der Waals surface area contributed by atoms with Crippen LogP contribution >= 0.6 is 0 Å². The molecule has 7 heteroatoms. The molecule has 0 rings (SSSR count). The second-order valence-corrected chi connectivity index (χ2v) is 5.88. The Morgan fingerprint density at radius 3 is 2.38 bits per heavy atom. The molecule has 0 aromatic heterocycles. The number of aliphatic carboxylic acids is 1. The molecule has 0 heterocycles. The number of carbonyl (C=O) groups excluding carboxylic acids is 1. The zero-order chi connectivity index (χ0) is 16.3. The molecule has 0 spiro atoms. The molecule has 0 radical (unpaired) electrons. The second kappa shape index (κ2) is 10.4. The first-order valence-corrected chi connectivity index (χ1v) is 7.10. The van der Waals surface area contributed by atoms with Gasteiger partial charge in [-0.25, -0.2) is 4.79 Å². The summed E-state index contributed by atoms with van der Waals surface area (Å²) in [7, 11) is 1.61. The van der Waals surface area contributed by atoms with Gasteiger partial charge in [0.05, 0.1) is 19.6 Å². The van der Waals surface area contributed by atoms with Crippen LogP contribution in [0.2, 0.25) is 0 Å². The lowest BCUT2D eigenvalue weighted by Gasteiger charge is -2.30. The van der Waals surface area contributed by atoms with Gasteiger partial charge in [0, 0.05) is 26.3 Å². The summed E-state index contributed by atoms with van der Waals surface area (Å²) in [5.41, 5.74) is -0.320. The maximum Gasteiger partial charge on any atom is 0.315 e. The van der Waals surface area contributed by atoms with E-state index in [0.29, 0.717) is 32.8 Å². The normalized spacial score (nSPS) is 12.8. The highest BCUT2D eigenvalue weighted by atomic mass is 16.5. The molecule has 2 amide bonds. The van der Waals surface area contributed by atoms with Crippen molar-refractivity contribution in [3.8, 4) is 0 Å². The molecule has 0 aromatic rings. The van der Waals surface area contributed by atoms with Crippen LogP contribution < -0.4 is 10.6 Å². The van der Waals surface area contributed by atoms with Gasteiger partial charge in [0.2, 0.25) is 0 Å². The van der Waals surface area contributed by atoms with Crippen molar-refractivity contribution in [2.24, 2.45) is 5.41 Å². The van der Waals surface area contributed by atoms with Gasteiger partial charge >= 0.3 is 12.0 Å². The molecule has 0 saturated heterocycles. The third-order valence-electron chi connectivity index (χ3n) is 2.91. The summed E-state index contributed by atoms with van der Waals surface area (Å²) in [5, 5.41) is 14.3. The molecule has 124 valence electrons. The minimum absolute atomic E-state index is 0.100. The molecule has 1 atom stereocenters. The van der Waals surface area contributed by atoms with Gasteiger partial charge in [-0.15, -0.1) is 0 Å². The van der Waals surface area contributed by atoms with Gasteiger partial charge in [0.1, 0.15) is 0 Å². The van der Waals surface area contributed by atoms with Crippen LogP contribution in [-0.2, 0) is 14.3 Å². The average Bonchev–Trinajstić information content (AvgIpc) is 2.35. The molecule has 0 bridgehead atoms. The number of ether oxygens (including phenoxy) is 2. The third-order valence-corrected chi connectivity index (χ3v) is 2.91. The number of carboxylic acids is 1. The predicted octanol–water partition coefficient (Wildman–Crippen LogP) is 1.23. The van der Waals surface area contributed by atoms with Gasteiger partial charge in [-0.05, 0) is 11.8 Å². The van der Waals surface area contributed by atoms with Gasteiger partial charge in [-0.3, -0.25) is 4.79 Å². The molecule has 1 unspecified atom stereocenters. The van der Waals surface area contributed by atoms with E-state index in [1.54, 1.807) is 7.11 Å². The summed E-state index contributed by atoms with van der Waals surface area (Å²) in [6.45, 7) is 7.79. The lowest BCUT2D eigenvalue weighted by Crippen LogP contribution is -2.49. The molecule has 0 aliphatic carbocycles. The van der Waals surface area contributed by atoms with Crippen LogP contribution in [0.1, 0.15) is 33.6 Å². The first-order valence-electron chi connectivity index (χ1n) is 7.10. The number of urea groups is 1. The molecular weight excluding hydrogens is 276 g/mol. The van der Waals surface area contributed by atoms with Crippen LogP contribution in [0.4, 0.5) is 4.79 Å². The molecule has 0 aliphatic rings. The van der Waals surface area contributed by atoms with Gasteiger partial charge in [-0.2, -0.15) is 0 Å².